The first-order valence-electron chi connectivity index (χ1n) is 7.42. The zero-order valence-corrected chi connectivity index (χ0v) is 17.3. The smallest absolute Gasteiger partial charge is 0.258 e. The molecule has 3 nitrogen and oxygen atoms in total. The predicted octanol–water partition coefficient (Wildman–Crippen LogP) is 7.18. The van der Waals surface area contributed by atoms with Gasteiger partial charge >= 0.3 is 5.70 Å². The van der Waals surface area contributed by atoms with Gasteiger partial charge in [-0.2, -0.15) is 0 Å². The van der Waals surface area contributed by atoms with E-state index < -0.39 is 4.92 Å². The van der Waals surface area contributed by atoms with Gasteiger partial charge in [-0.05, 0) is 11.1 Å². The summed E-state index contributed by atoms with van der Waals surface area (Å²) in [7, 11) is 0. The molecule has 0 aliphatic rings. The summed E-state index contributed by atoms with van der Waals surface area (Å²) in [6.07, 6.45) is 0. The second kappa shape index (κ2) is 10.9. The Kier molecular flexibility index (Phi) is 8.88. The largest absolute Gasteiger partial charge is 0.314 e. The topological polar surface area (TPSA) is 43.1 Å². The first-order chi connectivity index (χ1) is 12.5. The summed E-state index contributed by atoms with van der Waals surface area (Å²) >= 11 is 20.9. The maximum atomic E-state index is 11.4. The van der Waals surface area contributed by atoms with Crippen molar-refractivity contribution in [2.24, 2.45) is 0 Å². The molecule has 0 atom stereocenters. The number of hydrogen-bond acceptors (Lipinski definition) is 4. The van der Waals surface area contributed by atoms with Gasteiger partial charge in [0.25, 0.3) is 0 Å². The standard InChI is InChI=1S/C18H14Cl3NO2S2/c19-15(17(20)25-11-13-7-3-1-4-8-13)16(22(23)24)18(21)26-12-14-9-5-2-6-10-14/h1-10H,11-12H2/b17-15+,18-16+. The summed E-state index contributed by atoms with van der Waals surface area (Å²) in [5, 5.41) is 11.3. The molecule has 0 aliphatic carbocycles. The molecular formula is C18H14Cl3NO2S2. The quantitative estimate of drug-likeness (QED) is 0.244. The lowest BCUT2D eigenvalue weighted by Gasteiger charge is -2.05. The van der Waals surface area contributed by atoms with Crippen LogP contribution in [0.1, 0.15) is 11.1 Å². The average Bonchev–Trinajstić information content (AvgIpc) is 2.66. The van der Waals surface area contributed by atoms with Gasteiger partial charge in [-0.1, -0.05) is 95.5 Å². The van der Waals surface area contributed by atoms with Gasteiger partial charge in [0.05, 0.1) is 9.29 Å². The normalized spacial score (nSPS) is 13.0. The van der Waals surface area contributed by atoms with Crippen molar-refractivity contribution in [3.05, 3.63) is 101 Å². The highest BCUT2D eigenvalue weighted by atomic mass is 35.5. The fourth-order valence-electron chi connectivity index (χ4n) is 1.90. The Labute approximate surface area is 175 Å². The van der Waals surface area contributed by atoms with Crippen LogP contribution in [0.3, 0.4) is 0 Å². The minimum Gasteiger partial charge on any atom is -0.258 e. The van der Waals surface area contributed by atoms with Crippen LogP contribution in [-0.4, -0.2) is 4.92 Å². The van der Waals surface area contributed by atoms with Crippen LogP contribution in [0, 0.1) is 10.1 Å². The molecule has 0 N–H and O–H groups in total. The molecule has 26 heavy (non-hydrogen) atoms. The van der Waals surface area contributed by atoms with E-state index in [4.69, 9.17) is 34.8 Å². The van der Waals surface area contributed by atoms with Crippen molar-refractivity contribution >= 4 is 58.3 Å². The molecule has 2 aromatic carbocycles. The van der Waals surface area contributed by atoms with E-state index in [1.165, 1.54) is 11.8 Å². The molecule has 0 heterocycles. The van der Waals surface area contributed by atoms with Gasteiger partial charge in [0.2, 0.25) is 0 Å². The van der Waals surface area contributed by atoms with Crippen molar-refractivity contribution in [2.75, 3.05) is 0 Å². The Morgan fingerprint density at radius 3 is 1.65 bits per heavy atom. The zero-order valence-electron chi connectivity index (χ0n) is 13.4. The number of rotatable bonds is 8. The number of thioether (sulfide) groups is 2. The first-order valence-corrected chi connectivity index (χ1v) is 10.5. The van der Waals surface area contributed by atoms with Gasteiger partial charge in [0, 0.05) is 11.5 Å². The van der Waals surface area contributed by atoms with Gasteiger partial charge in [0.1, 0.15) is 5.03 Å². The van der Waals surface area contributed by atoms with Crippen molar-refractivity contribution in [3.8, 4) is 0 Å². The molecule has 0 aliphatic heterocycles. The molecule has 0 bridgehead atoms. The SMILES string of the molecule is O=[N+]([O-])C(=C(\Cl)SCc1ccccc1)/C(Cl)=C(/Cl)SCc1ccccc1. The van der Waals surface area contributed by atoms with Gasteiger partial charge in [-0.25, -0.2) is 0 Å². The fraction of sp³-hybridized carbons (Fsp3) is 0.111. The maximum Gasteiger partial charge on any atom is 0.314 e. The van der Waals surface area contributed by atoms with Gasteiger partial charge in [-0.15, -0.1) is 23.5 Å². The van der Waals surface area contributed by atoms with Crippen molar-refractivity contribution in [3.63, 3.8) is 0 Å². The predicted molar refractivity (Wildman–Crippen MR) is 114 cm³/mol. The number of allylic oxidation sites excluding steroid dienone is 1. The van der Waals surface area contributed by atoms with Crippen molar-refractivity contribution < 1.29 is 4.92 Å². The second-order valence-electron chi connectivity index (χ2n) is 5.02. The van der Waals surface area contributed by atoms with Gasteiger partial charge in [-0.3, -0.25) is 10.1 Å². The number of nitrogens with zero attached hydrogens (tertiary/aromatic N) is 1. The van der Waals surface area contributed by atoms with E-state index >= 15 is 0 Å². The van der Waals surface area contributed by atoms with Crippen LogP contribution in [0.5, 0.6) is 0 Å². The zero-order chi connectivity index (χ0) is 18.9. The van der Waals surface area contributed by atoms with E-state index in [2.05, 4.69) is 0 Å². The van der Waals surface area contributed by atoms with Crippen molar-refractivity contribution in [2.45, 2.75) is 11.5 Å². The van der Waals surface area contributed by atoms with E-state index in [-0.39, 0.29) is 19.5 Å². The molecule has 0 radical (unpaired) electrons. The number of halogens is 3. The summed E-state index contributed by atoms with van der Waals surface area (Å²) in [5.41, 5.74) is 1.67. The first kappa shape index (κ1) is 21.2. The number of nitro groups is 1. The molecule has 0 amide bonds. The van der Waals surface area contributed by atoms with Crippen molar-refractivity contribution in [1.29, 1.82) is 0 Å². The molecular weight excluding hydrogens is 433 g/mol. The highest BCUT2D eigenvalue weighted by molar-refractivity contribution is 8.04. The molecule has 136 valence electrons. The van der Waals surface area contributed by atoms with Crippen LogP contribution in [0.4, 0.5) is 0 Å². The summed E-state index contributed by atoms with van der Waals surface area (Å²) in [4.78, 5) is 10.8. The van der Waals surface area contributed by atoms with Crippen molar-refractivity contribution in [1.82, 2.24) is 0 Å². The lowest BCUT2D eigenvalue weighted by molar-refractivity contribution is -0.419. The second-order valence-corrected chi connectivity index (χ2v) is 8.57. The Hall–Kier alpha value is -1.11. The van der Waals surface area contributed by atoms with Crippen LogP contribution in [0.2, 0.25) is 0 Å². The Morgan fingerprint density at radius 1 is 0.808 bits per heavy atom. The molecule has 8 heteroatoms. The van der Waals surface area contributed by atoms with Gasteiger partial charge in [0.15, 0.2) is 4.36 Å². The summed E-state index contributed by atoms with van der Waals surface area (Å²) in [6, 6.07) is 19.1. The third-order valence-electron chi connectivity index (χ3n) is 3.17. The summed E-state index contributed by atoms with van der Waals surface area (Å²) in [6.45, 7) is 0. The average molecular weight is 447 g/mol. The fourth-order valence-corrected chi connectivity index (χ4v) is 4.43. The molecule has 0 unspecified atom stereocenters. The molecule has 2 rings (SSSR count). The van der Waals surface area contributed by atoms with E-state index in [9.17, 15) is 10.1 Å². The minimum absolute atomic E-state index is 0.00214. The highest BCUT2D eigenvalue weighted by Crippen LogP contribution is 2.38. The van der Waals surface area contributed by atoms with Crippen LogP contribution in [-0.2, 0) is 11.5 Å². The summed E-state index contributed by atoms with van der Waals surface area (Å²) < 4.78 is 0.142. The molecule has 0 saturated heterocycles. The number of hydrogen-bond donors (Lipinski definition) is 0. The molecule has 0 fully saturated rings. The van der Waals surface area contributed by atoms with Crippen LogP contribution < -0.4 is 0 Å². The number of benzene rings is 2. The van der Waals surface area contributed by atoms with Crippen LogP contribution >= 0.6 is 58.3 Å². The van der Waals surface area contributed by atoms with Crippen LogP contribution in [0.25, 0.3) is 0 Å². The third kappa shape index (κ3) is 6.56. The van der Waals surface area contributed by atoms with E-state index in [1.807, 2.05) is 60.7 Å². The highest BCUT2D eigenvalue weighted by Gasteiger charge is 2.25. The Bertz CT molecular complexity index is 812. The monoisotopic (exact) mass is 445 g/mol. The van der Waals surface area contributed by atoms with E-state index in [0.29, 0.717) is 11.5 Å². The summed E-state index contributed by atoms with van der Waals surface area (Å²) in [5.74, 6) is 1.05. The molecule has 2 aromatic rings. The minimum atomic E-state index is -0.603. The third-order valence-corrected chi connectivity index (χ3v) is 6.63. The molecule has 0 spiro atoms. The Morgan fingerprint density at radius 2 is 1.23 bits per heavy atom. The molecule has 0 aromatic heterocycles. The van der Waals surface area contributed by atoms with Gasteiger partial charge < -0.3 is 0 Å². The maximum absolute atomic E-state index is 11.4. The van der Waals surface area contributed by atoms with Crippen LogP contribution in [0.15, 0.2) is 80.1 Å². The van der Waals surface area contributed by atoms with E-state index in [1.54, 1.807) is 0 Å². The Balaban J connectivity index is 2.13. The lowest BCUT2D eigenvalue weighted by atomic mass is 10.2. The van der Waals surface area contributed by atoms with E-state index in [0.717, 1.165) is 22.9 Å². The lowest BCUT2D eigenvalue weighted by Crippen LogP contribution is -2.01. The molecule has 0 saturated carbocycles.